The lowest BCUT2D eigenvalue weighted by atomic mass is 9.77. The topological polar surface area (TPSA) is 98.2 Å². The quantitative estimate of drug-likeness (QED) is 0.553. The molecule has 2 aromatic rings. The van der Waals surface area contributed by atoms with E-state index in [-0.39, 0.29) is 35.4 Å². The molecule has 35 heavy (non-hydrogen) atoms. The second kappa shape index (κ2) is 9.20. The SMILES string of the molecule is CCC[C@H](O[C@@]12CC[C@@H](c3cc(-c4c(F)cccc4F)nnc31)C2(C)C)C(=O)NCCS(C)(=O)=O. The van der Waals surface area contributed by atoms with Crippen LogP contribution in [-0.2, 0) is 25.0 Å². The molecule has 0 radical (unpaired) electrons. The van der Waals surface area contributed by atoms with Crippen molar-refractivity contribution in [3.05, 3.63) is 47.2 Å². The number of nitrogens with one attached hydrogen (secondary N) is 1. The maximum atomic E-state index is 14.4. The highest BCUT2D eigenvalue weighted by Gasteiger charge is 2.65. The van der Waals surface area contributed by atoms with Gasteiger partial charge in [0.05, 0.1) is 22.7 Å². The number of fused-ring (bicyclic) bond motifs is 5. The van der Waals surface area contributed by atoms with Gasteiger partial charge in [-0.3, -0.25) is 4.79 Å². The Morgan fingerprint density at radius 1 is 1.26 bits per heavy atom. The number of hydrogen-bond donors (Lipinski definition) is 1. The summed E-state index contributed by atoms with van der Waals surface area (Å²) in [7, 11) is -3.21. The van der Waals surface area contributed by atoms with Gasteiger partial charge in [0.25, 0.3) is 0 Å². The molecular formula is C25H31F2N3O4S. The van der Waals surface area contributed by atoms with Crippen molar-refractivity contribution >= 4 is 15.7 Å². The maximum Gasteiger partial charge on any atom is 0.249 e. The summed E-state index contributed by atoms with van der Waals surface area (Å²) in [5.41, 5.74) is 0.0234. The van der Waals surface area contributed by atoms with Crippen LogP contribution in [0.4, 0.5) is 8.78 Å². The number of aromatic nitrogens is 2. The van der Waals surface area contributed by atoms with Crippen LogP contribution in [0.5, 0.6) is 0 Å². The summed E-state index contributed by atoms with van der Waals surface area (Å²) in [6, 6.07) is 5.37. The lowest BCUT2D eigenvalue weighted by Gasteiger charge is -2.40. The zero-order valence-electron chi connectivity index (χ0n) is 20.4. The molecule has 1 saturated carbocycles. The van der Waals surface area contributed by atoms with Crippen LogP contribution in [0.1, 0.15) is 63.6 Å². The summed E-state index contributed by atoms with van der Waals surface area (Å²) in [6.07, 6.45) is 2.88. The monoisotopic (exact) mass is 507 g/mol. The predicted octanol–water partition coefficient (Wildman–Crippen LogP) is 3.88. The average molecular weight is 508 g/mol. The molecule has 1 N–H and O–H groups in total. The number of carbonyl (C=O) groups is 1. The van der Waals surface area contributed by atoms with Gasteiger partial charge in [-0.2, -0.15) is 5.10 Å². The highest BCUT2D eigenvalue weighted by Crippen LogP contribution is 2.68. The number of benzene rings is 1. The smallest absolute Gasteiger partial charge is 0.249 e. The van der Waals surface area contributed by atoms with Crippen LogP contribution < -0.4 is 5.32 Å². The van der Waals surface area contributed by atoms with Gasteiger partial charge in [0, 0.05) is 18.2 Å². The maximum absolute atomic E-state index is 14.4. The Balaban J connectivity index is 1.67. The number of halogens is 2. The van der Waals surface area contributed by atoms with Crippen molar-refractivity contribution in [2.75, 3.05) is 18.6 Å². The number of rotatable bonds is 9. The molecule has 1 heterocycles. The van der Waals surface area contributed by atoms with Gasteiger partial charge in [0.2, 0.25) is 5.91 Å². The number of ether oxygens (including phenoxy) is 1. The standard InChI is InChI=1S/C25H31F2N3O4S/c1-5-7-20(23(31)28-12-13-35(4,32)33)34-25-11-10-16(24(25,2)3)15-14-19(29-30-22(15)25)21-17(26)8-6-9-18(21)27/h6,8-9,14,16,20H,5,7,10-13H2,1-4H3,(H,28,31)/t16-,20-,25-/m0/s1. The number of nitrogens with zero attached hydrogens (tertiary/aromatic N) is 2. The van der Waals surface area contributed by atoms with E-state index in [1.54, 1.807) is 6.07 Å². The van der Waals surface area contributed by atoms with Crippen molar-refractivity contribution in [2.24, 2.45) is 5.41 Å². The minimum atomic E-state index is -3.21. The first-order chi connectivity index (χ1) is 16.4. The van der Waals surface area contributed by atoms with E-state index in [0.717, 1.165) is 18.2 Å². The van der Waals surface area contributed by atoms with E-state index in [9.17, 15) is 22.0 Å². The molecule has 10 heteroatoms. The van der Waals surface area contributed by atoms with E-state index in [0.29, 0.717) is 25.0 Å². The zero-order chi connectivity index (χ0) is 25.6. The third kappa shape index (κ3) is 4.46. The molecule has 0 saturated heterocycles. The van der Waals surface area contributed by atoms with Gasteiger partial charge >= 0.3 is 0 Å². The third-order valence-electron chi connectivity index (χ3n) is 7.46. The van der Waals surface area contributed by atoms with Crippen molar-refractivity contribution in [3.8, 4) is 11.3 Å². The predicted molar refractivity (Wildman–Crippen MR) is 127 cm³/mol. The Morgan fingerprint density at radius 3 is 2.57 bits per heavy atom. The van der Waals surface area contributed by atoms with Crippen LogP contribution in [-0.4, -0.2) is 49.2 Å². The van der Waals surface area contributed by atoms with Crippen molar-refractivity contribution in [2.45, 2.75) is 64.1 Å². The summed E-state index contributed by atoms with van der Waals surface area (Å²) in [5.74, 6) is -1.91. The highest BCUT2D eigenvalue weighted by molar-refractivity contribution is 7.90. The number of sulfone groups is 1. The Bertz CT molecular complexity index is 1230. The highest BCUT2D eigenvalue weighted by atomic mass is 32.2. The van der Waals surface area contributed by atoms with Crippen LogP contribution in [0.15, 0.2) is 24.3 Å². The molecule has 4 rings (SSSR count). The summed E-state index contributed by atoms with van der Waals surface area (Å²) < 4.78 is 58.3. The van der Waals surface area contributed by atoms with Crippen molar-refractivity contribution < 1.29 is 26.7 Å². The molecule has 3 atom stereocenters. The Morgan fingerprint density at radius 2 is 1.94 bits per heavy atom. The first-order valence-electron chi connectivity index (χ1n) is 11.9. The summed E-state index contributed by atoms with van der Waals surface area (Å²) in [6.45, 7) is 6.06. The molecule has 2 bridgehead atoms. The van der Waals surface area contributed by atoms with Gasteiger partial charge in [0.15, 0.2) is 0 Å². The van der Waals surface area contributed by atoms with Crippen LogP contribution >= 0.6 is 0 Å². The van der Waals surface area contributed by atoms with Crippen molar-refractivity contribution in [3.63, 3.8) is 0 Å². The number of amides is 1. The van der Waals surface area contributed by atoms with E-state index < -0.39 is 38.6 Å². The first kappa shape index (κ1) is 25.6. The summed E-state index contributed by atoms with van der Waals surface area (Å²) >= 11 is 0. The minimum Gasteiger partial charge on any atom is -0.355 e. The van der Waals surface area contributed by atoms with Gasteiger partial charge in [-0.05, 0) is 48.9 Å². The third-order valence-corrected chi connectivity index (χ3v) is 8.40. The number of carbonyl (C=O) groups excluding carboxylic acids is 1. The van der Waals surface area contributed by atoms with E-state index in [1.807, 2.05) is 6.92 Å². The Labute approximate surface area is 204 Å². The van der Waals surface area contributed by atoms with Gasteiger partial charge in [-0.25, -0.2) is 17.2 Å². The van der Waals surface area contributed by atoms with Gasteiger partial charge in [-0.15, -0.1) is 5.10 Å². The molecule has 0 spiro atoms. The molecule has 0 unspecified atom stereocenters. The van der Waals surface area contributed by atoms with Crippen LogP contribution in [0.25, 0.3) is 11.3 Å². The summed E-state index contributed by atoms with van der Waals surface area (Å²) in [4.78, 5) is 13.0. The van der Waals surface area contributed by atoms with Gasteiger partial charge in [0.1, 0.15) is 33.2 Å². The Kier molecular flexibility index (Phi) is 6.74. The molecule has 1 aromatic carbocycles. The van der Waals surface area contributed by atoms with E-state index >= 15 is 0 Å². The molecular weight excluding hydrogens is 476 g/mol. The fourth-order valence-electron chi connectivity index (χ4n) is 5.62. The molecule has 1 fully saturated rings. The van der Waals surface area contributed by atoms with Crippen molar-refractivity contribution in [1.29, 1.82) is 0 Å². The zero-order valence-corrected chi connectivity index (χ0v) is 21.2. The van der Waals surface area contributed by atoms with Crippen LogP contribution in [0.3, 0.4) is 0 Å². The fourth-order valence-corrected chi connectivity index (χ4v) is 6.09. The lowest BCUT2D eigenvalue weighted by Crippen LogP contribution is -2.47. The fraction of sp³-hybridized carbons (Fsp3) is 0.560. The van der Waals surface area contributed by atoms with Gasteiger partial charge in [-0.1, -0.05) is 33.3 Å². The normalized spacial score (nSPS) is 23.2. The molecule has 2 aliphatic rings. The molecule has 1 amide bonds. The Hall–Kier alpha value is -2.46. The second-order valence-electron chi connectivity index (χ2n) is 10.1. The molecule has 7 nitrogen and oxygen atoms in total. The molecule has 1 aromatic heterocycles. The molecule has 0 aliphatic heterocycles. The first-order valence-corrected chi connectivity index (χ1v) is 13.9. The van der Waals surface area contributed by atoms with Crippen molar-refractivity contribution in [1.82, 2.24) is 15.5 Å². The largest absolute Gasteiger partial charge is 0.355 e. The number of hydrogen-bond acceptors (Lipinski definition) is 6. The van der Waals surface area contributed by atoms with E-state index in [4.69, 9.17) is 4.74 Å². The van der Waals surface area contributed by atoms with E-state index in [2.05, 4.69) is 29.4 Å². The average Bonchev–Trinajstić information content (AvgIpc) is 3.12. The summed E-state index contributed by atoms with van der Waals surface area (Å²) in [5, 5.41) is 11.3. The van der Waals surface area contributed by atoms with Crippen LogP contribution in [0, 0.1) is 17.0 Å². The molecule has 2 aliphatic carbocycles. The lowest BCUT2D eigenvalue weighted by molar-refractivity contribution is -0.168. The van der Waals surface area contributed by atoms with Crippen LogP contribution in [0.2, 0.25) is 0 Å². The van der Waals surface area contributed by atoms with E-state index in [1.165, 1.54) is 18.2 Å². The second-order valence-corrected chi connectivity index (χ2v) is 12.3. The van der Waals surface area contributed by atoms with Gasteiger partial charge < -0.3 is 10.1 Å². The molecule has 190 valence electrons. The minimum absolute atomic E-state index is 0.00815.